The van der Waals surface area contributed by atoms with E-state index in [0.29, 0.717) is 18.1 Å². The first-order valence-corrected chi connectivity index (χ1v) is 11.4. The molecule has 4 rings (SSSR count). The van der Waals surface area contributed by atoms with Gasteiger partial charge in [-0.2, -0.15) is 5.10 Å². The number of para-hydroxylation sites is 1. The molecule has 0 saturated carbocycles. The fourth-order valence-electron chi connectivity index (χ4n) is 4.07. The highest BCUT2D eigenvalue weighted by atomic mass is 16.5. The zero-order valence-corrected chi connectivity index (χ0v) is 20.0. The van der Waals surface area contributed by atoms with Crippen molar-refractivity contribution in [3.63, 3.8) is 0 Å². The molecule has 0 spiro atoms. The van der Waals surface area contributed by atoms with Crippen molar-refractivity contribution < 1.29 is 19.0 Å². The van der Waals surface area contributed by atoms with Gasteiger partial charge in [0, 0.05) is 12.5 Å². The molecule has 0 radical (unpaired) electrons. The minimum Gasteiger partial charge on any atom is -0.497 e. The molecule has 1 amide bonds. The van der Waals surface area contributed by atoms with Gasteiger partial charge in [0.1, 0.15) is 36.0 Å². The summed E-state index contributed by atoms with van der Waals surface area (Å²) in [4.78, 5) is 12.7. The van der Waals surface area contributed by atoms with E-state index in [9.17, 15) is 4.79 Å². The smallest absolute Gasteiger partial charge is 0.240 e. The van der Waals surface area contributed by atoms with Gasteiger partial charge < -0.3 is 14.2 Å². The van der Waals surface area contributed by atoms with Gasteiger partial charge in [0.25, 0.3) is 0 Å². The van der Waals surface area contributed by atoms with Crippen LogP contribution in [0.2, 0.25) is 0 Å². The maximum atomic E-state index is 12.7. The van der Waals surface area contributed by atoms with E-state index in [1.54, 1.807) is 7.11 Å². The van der Waals surface area contributed by atoms with Crippen molar-refractivity contribution in [2.45, 2.75) is 45.6 Å². The van der Waals surface area contributed by atoms with Crippen LogP contribution in [0.3, 0.4) is 0 Å². The molecule has 176 valence electrons. The van der Waals surface area contributed by atoms with Gasteiger partial charge in [-0.1, -0.05) is 54.6 Å². The largest absolute Gasteiger partial charge is 0.497 e. The highest BCUT2D eigenvalue weighted by Gasteiger charge is 2.43. The van der Waals surface area contributed by atoms with Gasteiger partial charge in [0.15, 0.2) is 0 Å². The lowest BCUT2D eigenvalue weighted by molar-refractivity contribution is -0.133. The first kappa shape index (κ1) is 23.5. The van der Waals surface area contributed by atoms with E-state index in [1.165, 1.54) is 11.9 Å². The maximum absolute atomic E-state index is 12.7. The molecule has 0 aromatic heterocycles. The molecule has 0 bridgehead atoms. The summed E-state index contributed by atoms with van der Waals surface area (Å²) in [5.41, 5.74) is 3.48. The number of rotatable bonds is 8. The number of nitrogens with zero attached hydrogens (tertiary/aromatic N) is 2. The van der Waals surface area contributed by atoms with E-state index >= 15 is 0 Å². The van der Waals surface area contributed by atoms with Crippen LogP contribution in [0.1, 0.15) is 43.5 Å². The highest BCUT2D eigenvalue weighted by molar-refractivity contribution is 6.08. The Balaban J connectivity index is 1.72. The monoisotopic (exact) mass is 458 g/mol. The molecule has 0 fully saturated rings. The molecule has 6 nitrogen and oxygen atoms in total. The molecule has 6 heteroatoms. The van der Waals surface area contributed by atoms with Gasteiger partial charge in [-0.15, -0.1) is 0 Å². The van der Waals surface area contributed by atoms with Gasteiger partial charge in [-0.05, 0) is 49.2 Å². The summed E-state index contributed by atoms with van der Waals surface area (Å²) >= 11 is 0. The zero-order chi connectivity index (χ0) is 24.1. The van der Waals surface area contributed by atoms with E-state index in [1.807, 2.05) is 92.7 Å². The Kier molecular flexibility index (Phi) is 7.28. The molecule has 2 atom stereocenters. The predicted molar refractivity (Wildman–Crippen MR) is 132 cm³/mol. The number of ether oxygens (including phenoxy) is 3. The average Bonchev–Trinajstić information content (AvgIpc) is 3.22. The van der Waals surface area contributed by atoms with Crippen LogP contribution in [0.15, 0.2) is 84.0 Å². The molecule has 1 heterocycles. The molecular weight excluding hydrogens is 428 g/mol. The van der Waals surface area contributed by atoms with E-state index in [4.69, 9.17) is 19.3 Å². The van der Waals surface area contributed by atoms with E-state index in [2.05, 4.69) is 0 Å². The van der Waals surface area contributed by atoms with Crippen LogP contribution >= 0.6 is 0 Å². The Morgan fingerprint density at radius 2 is 1.65 bits per heavy atom. The minimum atomic E-state index is -0.459. The number of methoxy groups -OCH3 is 1. The Morgan fingerprint density at radius 1 is 0.971 bits per heavy atom. The highest BCUT2D eigenvalue weighted by Crippen LogP contribution is 2.38. The molecule has 3 aromatic carbocycles. The Morgan fingerprint density at radius 3 is 2.29 bits per heavy atom. The molecule has 0 N–H and O–H groups in total. The predicted octanol–water partition coefficient (Wildman–Crippen LogP) is 5.38. The Labute approximate surface area is 200 Å². The van der Waals surface area contributed by atoms with E-state index < -0.39 is 12.1 Å². The van der Waals surface area contributed by atoms with E-state index in [-0.39, 0.29) is 12.0 Å². The molecular formula is C28H30N2O4. The van der Waals surface area contributed by atoms with Crippen molar-refractivity contribution in [3.05, 3.63) is 95.6 Å². The molecule has 0 aliphatic carbocycles. The Bertz CT molecular complexity index is 1140. The van der Waals surface area contributed by atoms with Crippen molar-refractivity contribution in [1.29, 1.82) is 0 Å². The summed E-state index contributed by atoms with van der Waals surface area (Å²) in [5, 5.41) is 6.28. The molecule has 34 heavy (non-hydrogen) atoms. The first-order chi connectivity index (χ1) is 16.5. The molecule has 1 aliphatic rings. The van der Waals surface area contributed by atoms with Crippen molar-refractivity contribution in [2.24, 2.45) is 5.10 Å². The summed E-state index contributed by atoms with van der Waals surface area (Å²) < 4.78 is 17.9. The van der Waals surface area contributed by atoms with Crippen molar-refractivity contribution in [3.8, 4) is 11.5 Å². The van der Waals surface area contributed by atoms with Gasteiger partial charge >= 0.3 is 0 Å². The summed E-state index contributed by atoms with van der Waals surface area (Å²) in [6.45, 7) is 5.92. The molecule has 3 aromatic rings. The number of amides is 1. The third kappa shape index (κ3) is 5.13. The van der Waals surface area contributed by atoms with Crippen LogP contribution < -0.4 is 9.47 Å². The van der Waals surface area contributed by atoms with Gasteiger partial charge in [0.05, 0.1) is 13.2 Å². The lowest BCUT2D eigenvalue weighted by Gasteiger charge is -2.28. The van der Waals surface area contributed by atoms with Crippen molar-refractivity contribution in [1.82, 2.24) is 5.01 Å². The fourth-order valence-corrected chi connectivity index (χ4v) is 4.07. The van der Waals surface area contributed by atoms with Gasteiger partial charge in [-0.3, -0.25) is 4.79 Å². The SMILES string of the molecule is COc1ccc(C2C(OC(C)C)C(c3ccccc3OCc3ccccc3)=NN2C(C)=O)cc1. The lowest BCUT2D eigenvalue weighted by Crippen LogP contribution is -2.36. The third-order valence-corrected chi connectivity index (χ3v) is 5.63. The van der Waals surface area contributed by atoms with Crippen LogP contribution in [-0.4, -0.2) is 35.9 Å². The van der Waals surface area contributed by atoms with Crippen molar-refractivity contribution >= 4 is 11.6 Å². The van der Waals surface area contributed by atoms with Gasteiger partial charge in [-0.25, -0.2) is 5.01 Å². The van der Waals surface area contributed by atoms with Crippen LogP contribution in [0.25, 0.3) is 0 Å². The standard InChI is InChI=1S/C28H30N2O4/c1-19(2)34-28-26(24-12-8-9-13-25(24)33-18-21-10-6-5-7-11-21)29-30(20(3)31)27(28)22-14-16-23(32-4)17-15-22/h5-17,19,27-28H,18H2,1-4H3. The van der Waals surface area contributed by atoms with Crippen LogP contribution in [0, 0.1) is 0 Å². The number of carbonyl (C=O) groups is 1. The van der Waals surface area contributed by atoms with Crippen molar-refractivity contribution in [2.75, 3.05) is 7.11 Å². The summed E-state index contributed by atoms with van der Waals surface area (Å²) in [6.07, 6.45) is -0.529. The molecule has 1 aliphatic heterocycles. The third-order valence-electron chi connectivity index (χ3n) is 5.63. The number of hydrazone groups is 1. The molecule has 0 saturated heterocycles. The maximum Gasteiger partial charge on any atom is 0.240 e. The van der Waals surface area contributed by atoms with Gasteiger partial charge in [0.2, 0.25) is 5.91 Å². The van der Waals surface area contributed by atoms with E-state index in [0.717, 1.165) is 22.4 Å². The lowest BCUT2D eigenvalue weighted by atomic mass is 9.94. The number of carbonyl (C=O) groups excluding carboxylic acids is 1. The number of benzene rings is 3. The number of hydrogen-bond acceptors (Lipinski definition) is 5. The second-order valence-electron chi connectivity index (χ2n) is 8.44. The van der Waals surface area contributed by atoms with Crippen LogP contribution in [-0.2, 0) is 16.1 Å². The first-order valence-electron chi connectivity index (χ1n) is 11.4. The second kappa shape index (κ2) is 10.5. The summed E-state index contributed by atoms with van der Waals surface area (Å²) in [6, 6.07) is 25.0. The zero-order valence-electron chi connectivity index (χ0n) is 20.0. The fraction of sp³-hybridized carbons (Fsp3) is 0.286. The molecule has 2 unspecified atom stereocenters. The number of hydrogen-bond donors (Lipinski definition) is 0. The van der Waals surface area contributed by atoms with Crippen LogP contribution in [0.4, 0.5) is 0 Å². The Hall–Kier alpha value is -3.64. The summed E-state index contributed by atoms with van der Waals surface area (Å²) in [5.74, 6) is 1.29. The topological polar surface area (TPSA) is 60.4 Å². The normalized spacial score (nSPS) is 17.6. The van der Waals surface area contributed by atoms with Crippen LogP contribution in [0.5, 0.6) is 11.5 Å². The second-order valence-corrected chi connectivity index (χ2v) is 8.44. The minimum absolute atomic E-state index is 0.0692. The quantitative estimate of drug-likeness (QED) is 0.455. The summed E-state index contributed by atoms with van der Waals surface area (Å²) in [7, 11) is 1.63. The average molecular weight is 459 g/mol.